The smallest absolute Gasteiger partial charge is 0.342 e. The van der Waals surface area contributed by atoms with Gasteiger partial charge >= 0.3 is 11.9 Å². The lowest BCUT2D eigenvalue weighted by molar-refractivity contribution is -0.125. The summed E-state index contributed by atoms with van der Waals surface area (Å²) in [6, 6.07) is 7.52. The molecule has 0 aliphatic rings. The molecule has 1 heterocycles. The number of nitrogens with one attached hydrogen (secondary N) is 2. The first-order valence-corrected chi connectivity index (χ1v) is 6.57. The number of phenols is 1. The first-order valence-electron chi connectivity index (χ1n) is 6.57. The molecule has 0 aliphatic heterocycles. The summed E-state index contributed by atoms with van der Waals surface area (Å²) in [5, 5.41) is 9.75. The second kappa shape index (κ2) is 7.12. The Morgan fingerprint density at radius 2 is 1.96 bits per heavy atom. The summed E-state index contributed by atoms with van der Waals surface area (Å²) in [4.78, 5) is 34.8. The van der Waals surface area contributed by atoms with Gasteiger partial charge in [-0.05, 0) is 30.7 Å². The third-order valence-corrected chi connectivity index (χ3v) is 2.85. The molecule has 1 aromatic heterocycles. The summed E-state index contributed by atoms with van der Waals surface area (Å²) in [6.45, 7) is 1.01. The predicted octanol–water partition coefficient (Wildman–Crippen LogP) is 0.912. The fraction of sp³-hybridized carbons (Fsp3) is 0.133. The number of benzene rings is 1. The van der Waals surface area contributed by atoms with Gasteiger partial charge in [-0.3, -0.25) is 20.4 Å². The average Bonchev–Trinajstić information content (AvgIpc) is 3.07. The molecule has 0 unspecified atom stereocenters. The molecule has 2 aromatic rings. The highest BCUT2D eigenvalue weighted by atomic mass is 16.5. The number of rotatable bonds is 4. The lowest BCUT2D eigenvalue weighted by Crippen LogP contribution is -2.43. The Kier molecular flexibility index (Phi) is 4.98. The molecule has 0 atom stereocenters. The van der Waals surface area contributed by atoms with Gasteiger partial charge in [-0.25, -0.2) is 4.79 Å². The van der Waals surface area contributed by atoms with E-state index in [1.807, 2.05) is 0 Å². The molecular weight excluding hydrogens is 304 g/mol. The molecule has 0 fully saturated rings. The van der Waals surface area contributed by atoms with Crippen molar-refractivity contribution in [2.75, 3.05) is 6.61 Å². The van der Waals surface area contributed by atoms with Crippen molar-refractivity contribution in [3.05, 3.63) is 53.5 Å². The monoisotopic (exact) mass is 318 g/mol. The zero-order chi connectivity index (χ0) is 16.8. The second-order valence-electron chi connectivity index (χ2n) is 4.53. The van der Waals surface area contributed by atoms with Crippen molar-refractivity contribution in [2.24, 2.45) is 0 Å². The summed E-state index contributed by atoms with van der Waals surface area (Å²) in [5.41, 5.74) is 4.63. The van der Waals surface area contributed by atoms with E-state index < -0.39 is 24.4 Å². The third kappa shape index (κ3) is 4.10. The highest BCUT2D eigenvalue weighted by Crippen LogP contribution is 2.21. The van der Waals surface area contributed by atoms with Gasteiger partial charge in [0.2, 0.25) is 0 Å². The molecule has 2 amide bonds. The maximum absolute atomic E-state index is 11.8. The zero-order valence-electron chi connectivity index (χ0n) is 12.2. The van der Waals surface area contributed by atoms with E-state index in [-0.39, 0.29) is 17.1 Å². The molecule has 0 aliphatic carbocycles. The van der Waals surface area contributed by atoms with Gasteiger partial charge in [-0.15, -0.1) is 0 Å². The topological polar surface area (TPSA) is 118 Å². The van der Waals surface area contributed by atoms with E-state index in [9.17, 15) is 19.5 Å². The molecule has 0 saturated carbocycles. The molecule has 1 aromatic carbocycles. The largest absolute Gasteiger partial charge is 0.507 e. The standard InChI is InChI=1S/C15H14N2O6/c1-9-4-2-5-10(13(9)19)15(21)23-8-12(18)16-17-14(20)11-6-3-7-22-11/h2-7,19H,8H2,1H3,(H,16,18)(H,17,20). The number of amides is 2. The van der Waals surface area contributed by atoms with Crippen LogP contribution in [0.3, 0.4) is 0 Å². The van der Waals surface area contributed by atoms with Crippen LogP contribution in [0.1, 0.15) is 26.5 Å². The second-order valence-corrected chi connectivity index (χ2v) is 4.53. The van der Waals surface area contributed by atoms with Gasteiger partial charge in [-0.1, -0.05) is 12.1 Å². The summed E-state index contributed by atoms with van der Waals surface area (Å²) < 4.78 is 9.59. The molecule has 120 valence electrons. The number of phenolic OH excluding ortho intramolecular Hbond substituents is 1. The van der Waals surface area contributed by atoms with Gasteiger partial charge in [0.15, 0.2) is 12.4 Å². The number of carbonyl (C=O) groups excluding carboxylic acids is 3. The summed E-state index contributed by atoms with van der Waals surface area (Å²) in [5.74, 6) is -2.42. The number of furan rings is 1. The highest BCUT2D eigenvalue weighted by molar-refractivity contribution is 5.95. The van der Waals surface area contributed by atoms with E-state index >= 15 is 0 Å². The van der Waals surface area contributed by atoms with Gasteiger partial charge in [0.05, 0.1) is 6.26 Å². The molecule has 8 nitrogen and oxygen atoms in total. The normalized spacial score (nSPS) is 9.96. The van der Waals surface area contributed by atoms with Gasteiger partial charge in [-0.2, -0.15) is 0 Å². The van der Waals surface area contributed by atoms with E-state index in [2.05, 4.69) is 10.9 Å². The van der Waals surface area contributed by atoms with Crippen molar-refractivity contribution in [1.82, 2.24) is 10.9 Å². The molecule has 23 heavy (non-hydrogen) atoms. The van der Waals surface area contributed by atoms with Crippen LogP contribution in [0.15, 0.2) is 41.0 Å². The van der Waals surface area contributed by atoms with Crippen LogP contribution in [0, 0.1) is 6.92 Å². The van der Waals surface area contributed by atoms with Crippen LogP contribution in [0.4, 0.5) is 0 Å². The van der Waals surface area contributed by atoms with Crippen LogP contribution < -0.4 is 10.9 Å². The molecule has 0 bridgehead atoms. The number of para-hydroxylation sites is 1. The summed E-state index contributed by atoms with van der Waals surface area (Å²) >= 11 is 0. The van der Waals surface area contributed by atoms with Crippen molar-refractivity contribution in [3.63, 3.8) is 0 Å². The van der Waals surface area contributed by atoms with E-state index in [0.717, 1.165) is 0 Å². The van der Waals surface area contributed by atoms with Crippen molar-refractivity contribution < 1.29 is 28.6 Å². The average molecular weight is 318 g/mol. The van der Waals surface area contributed by atoms with Crippen LogP contribution in [0.2, 0.25) is 0 Å². The molecule has 2 rings (SSSR count). The number of carbonyl (C=O) groups is 3. The number of aryl methyl sites for hydroxylation is 1. The first kappa shape index (κ1) is 16.1. The Balaban J connectivity index is 1.81. The highest BCUT2D eigenvalue weighted by Gasteiger charge is 2.16. The SMILES string of the molecule is Cc1cccc(C(=O)OCC(=O)NNC(=O)c2ccco2)c1O. The molecule has 0 saturated heterocycles. The zero-order valence-corrected chi connectivity index (χ0v) is 12.2. The first-order chi connectivity index (χ1) is 11.0. The van der Waals surface area contributed by atoms with Gasteiger partial charge in [0.1, 0.15) is 11.3 Å². The number of ether oxygens (including phenoxy) is 1. The molecule has 3 N–H and O–H groups in total. The van der Waals surface area contributed by atoms with E-state index in [4.69, 9.17) is 9.15 Å². The quantitative estimate of drug-likeness (QED) is 0.570. The molecule has 0 radical (unpaired) electrons. The van der Waals surface area contributed by atoms with E-state index in [0.29, 0.717) is 5.56 Å². The maximum Gasteiger partial charge on any atom is 0.342 e. The minimum Gasteiger partial charge on any atom is -0.507 e. The van der Waals surface area contributed by atoms with Gasteiger partial charge in [0.25, 0.3) is 5.91 Å². The minimum atomic E-state index is -0.848. The molecule has 8 heteroatoms. The Labute approximate surface area is 131 Å². The number of hydrogen-bond donors (Lipinski definition) is 3. The fourth-order valence-electron chi connectivity index (χ4n) is 1.66. The number of hydrogen-bond acceptors (Lipinski definition) is 6. The number of hydrazine groups is 1. The molecule has 0 spiro atoms. The Morgan fingerprint density at radius 3 is 2.65 bits per heavy atom. The Bertz CT molecular complexity index is 724. The molecular formula is C15H14N2O6. The van der Waals surface area contributed by atoms with Crippen molar-refractivity contribution >= 4 is 17.8 Å². The minimum absolute atomic E-state index is 0.0203. The van der Waals surface area contributed by atoms with Crippen LogP contribution in [-0.4, -0.2) is 29.5 Å². The van der Waals surface area contributed by atoms with Crippen LogP contribution in [-0.2, 0) is 9.53 Å². The fourth-order valence-corrected chi connectivity index (χ4v) is 1.66. The van der Waals surface area contributed by atoms with E-state index in [1.54, 1.807) is 19.1 Å². The van der Waals surface area contributed by atoms with E-state index in [1.165, 1.54) is 24.5 Å². The lowest BCUT2D eigenvalue weighted by atomic mass is 10.1. The summed E-state index contributed by atoms with van der Waals surface area (Å²) in [6.07, 6.45) is 1.31. The third-order valence-electron chi connectivity index (χ3n) is 2.85. The van der Waals surface area contributed by atoms with Crippen LogP contribution in [0.25, 0.3) is 0 Å². The van der Waals surface area contributed by atoms with Crippen molar-refractivity contribution in [3.8, 4) is 5.75 Å². The lowest BCUT2D eigenvalue weighted by Gasteiger charge is -2.08. The van der Waals surface area contributed by atoms with Crippen molar-refractivity contribution in [2.45, 2.75) is 6.92 Å². The number of esters is 1. The predicted molar refractivity (Wildman–Crippen MR) is 77.4 cm³/mol. The maximum atomic E-state index is 11.8. The van der Waals surface area contributed by atoms with Crippen LogP contribution >= 0.6 is 0 Å². The Morgan fingerprint density at radius 1 is 1.17 bits per heavy atom. The van der Waals surface area contributed by atoms with Crippen LogP contribution in [0.5, 0.6) is 5.75 Å². The van der Waals surface area contributed by atoms with Gasteiger partial charge in [0, 0.05) is 0 Å². The van der Waals surface area contributed by atoms with Crippen molar-refractivity contribution in [1.29, 1.82) is 0 Å². The van der Waals surface area contributed by atoms with Gasteiger partial charge < -0.3 is 14.3 Å². The summed E-state index contributed by atoms with van der Waals surface area (Å²) in [7, 11) is 0. The Hall–Kier alpha value is -3.29. The number of aromatic hydroxyl groups is 1.